The van der Waals surface area contributed by atoms with Gasteiger partial charge < -0.3 is 20.7 Å². The largest absolute Gasteiger partial charge is 0.550 e. The molecule has 80 valence electrons. The first kappa shape index (κ1) is 9.93. The first-order valence-electron chi connectivity index (χ1n) is 5.26. The standard InChI is InChI=1S/C10H17NO3/c11-9-8(14)6-1-3-10(9,4-2-6)5-7(12)13/h6,8-9,14H,1-5,11H2,(H,12,13)/t6?,8-,9+,10?/m1/s1. The van der Waals surface area contributed by atoms with E-state index in [2.05, 4.69) is 5.73 Å². The summed E-state index contributed by atoms with van der Waals surface area (Å²) in [7, 11) is 0. The van der Waals surface area contributed by atoms with E-state index in [1.807, 2.05) is 0 Å². The summed E-state index contributed by atoms with van der Waals surface area (Å²) in [6.45, 7) is 0. The van der Waals surface area contributed by atoms with E-state index >= 15 is 0 Å². The lowest BCUT2D eigenvalue weighted by atomic mass is 9.55. The van der Waals surface area contributed by atoms with Crippen molar-refractivity contribution in [1.82, 2.24) is 0 Å². The van der Waals surface area contributed by atoms with Crippen molar-refractivity contribution in [2.24, 2.45) is 11.3 Å². The molecular formula is C10H17NO3. The molecule has 0 heterocycles. The van der Waals surface area contributed by atoms with Gasteiger partial charge in [0, 0.05) is 11.4 Å². The number of aliphatic hydroxyl groups excluding tert-OH is 1. The van der Waals surface area contributed by atoms with Crippen molar-refractivity contribution < 1.29 is 20.7 Å². The zero-order valence-electron chi connectivity index (χ0n) is 8.24. The van der Waals surface area contributed by atoms with Crippen molar-refractivity contribution in [3.63, 3.8) is 0 Å². The van der Waals surface area contributed by atoms with Gasteiger partial charge in [0.15, 0.2) is 0 Å². The molecular weight excluding hydrogens is 182 g/mol. The number of aliphatic carboxylic acids is 1. The minimum absolute atomic E-state index is 0.0605. The third-order valence-corrected chi connectivity index (χ3v) is 4.20. The Balaban J connectivity index is 2.19. The van der Waals surface area contributed by atoms with E-state index in [-0.39, 0.29) is 17.9 Å². The molecule has 0 aliphatic heterocycles. The second-order valence-corrected chi connectivity index (χ2v) is 4.85. The van der Waals surface area contributed by atoms with Gasteiger partial charge in [-0.25, -0.2) is 0 Å². The number of carboxylic acids is 1. The van der Waals surface area contributed by atoms with Gasteiger partial charge in [-0.3, -0.25) is 0 Å². The normalized spacial score (nSPS) is 46.6. The highest BCUT2D eigenvalue weighted by Crippen LogP contribution is 2.50. The summed E-state index contributed by atoms with van der Waals surface area (Å²) in [6.07, 6.45) is 3.32. The van der Waals surface area contributed by atoms with Crippen LogP contribution < -0.4 is 10.8 Å². The van der Waals surface area contributed by atoms with E-state index in [4.69, 9.17) is 0 Å². The minimum Gasteiger partial charge on any atom is -0.550 e. The van der Waals surface area contributed by atoms with E-state index in [0.29, 0.717) is 5.92 Å². The molecule has 2 atom stereocenters. The minimum atomic E-state index is -1.01. The number of quaternary nitrogens is 1. The molecule has 4 nitrogen and oxygen atoms in total. The summed E-state index contributed by atoms with van der Waals surface area (Å²) < 4.78 is 0. The number of carbonyl (C=O) groups is 1. The molecule has 3 aliphatic carbocycles. The van der Waals surface area contributed by atoms with Crippen LogP contribution in [0.1, 0.15) is 32.1 Å². The van der Waals surface area contributed by atoms with Gasteiger partial charge in [-0.15, -0.1) is 0 Å². The van der Waals surface area contributed by atoms with Crippen LogP contribution >= 0.6 is 0 Å². The molecule has 2 bridgehead atoms. The highest BCUT2D eigenvalue weighted by molar-refractivity contribution is 5.65. The molecule has 0 aromatic heterocycles. The van der Waals surface area contributed by atoms with Gasteiger partial charge in [-0.1, -0.05) is 0 Å². The van der Waals surface area contributed by atoms with Crippen LogP contribution in [0.4, 0.5) is 0 Å². The van der Waals surface area contributed by atoms with Crippen LogP contribution in [-0.4, -0.2) is 23.2 Å². The molecule has 0 radical (unpaired) electrons. The SMILES string of the molecule is [NH3+][C@H]1[C@H](O)C2CCC1(CC(=O)[O-])CC2. The van der Waals surface area contributed by atoms with Crippen molar-refractivity contribution in [1.29, 1.82) is 0 Å². The van der Waals surface area contributed by atoms with E-state index in [9.17, 15) is 15.0 Å². The second-order valence-electron chi connectivity index (χ2n) is 4.85. The van der Waals surface area contributed by atoms with Gasteiger partial charge in [0.2, 0.25) is 0 Å². The summed E-state index contributed by atoms with van der Waals surface area (Å²) in [6, 6.07) is -0.132. The zero-order chi connectivity index (χ0) is 10.3. The summed E-state index contributed by atoms with van der Waals surface area (Å²) >= 11 is 0. The monoisotopic (exact) mass is 199 g/mol. The van der Waals surface area contributed by atoms with E-state index in [1.54, 1.807) is 0 Å². The van der Waals surface area contributed by atoms with Crippen LogP contribution in [0.3, 0.4) is 0 Å². The number of rotatable bonds is 2. The lowest BCUT2D eigenvalue weighted by molar-refractivity contribution is -0.483. The maximum absolute atomic E-state index is 10.7. The lowest BCUT2D eigenvalue weighted by Crippen LogP contribution is -2.78. The number of carbonyl (C=O) groups excluding carboxylic acids is 1. The second kappa shape index (κ2) is 3.21. The Kier molecular flexibility index (Phi) is 2.27. The molecule has 4 heteroatoms. The molecule has 0 unspecified atom stereocenters. The van der Waals surface area contributed by atoms with E-state index in [1.165, 1.54) is 0 Å². The summed E-state index contributed by atoms with van der Waals surface area (Å²) in [5.41, 5.74) is 3.66. The van der Waals surface area contributed by atoms with Crippen LogP contribution in [0.2, 0.25) is 0 Å². The molecule has 0 aromatic carbocycles. The highest BCUT2D eigenvalue weighted by atomic mass is 16.4. The van der Waals surface area contributed by atoms with E-state index in [0.717, 1.165) is 25.7 Å². The first-order valence-corrected chi connectivity index (χ1v) is 5.26. The highest BCUT2D eigenvalue weighted by Gasteiger charge is 2.53. The zero-order valence-corrected chi connectivity index (χ0v) is 8.24. The maximum Gasteiger partial charge on any atom is 0.117 e. The van der Waals surface area contributed by atoms with Crippen LogP contribution in [0.5, 0.6) is 0 Å². The molecule has 3 saturated carbocycles. The number of aliphatic hydroxyl groups is 1. The Bertz CT molecular complexity index is 246. The fourth-order valence-electron chi connectivity index (χ4n) is 3.21. The van der Waals surface area contributed by atoms with Crippen molar-refractivity contribution in [3.05, 3.63) is 0 Å². The average Bonchev–Trinajstić information content (AvgIpc) is 2.13. The van der Waals surface area contributed by atoms with Crippen molar-refractivity contribution in [2.45, 2.75) is 44.2 Å². The third kappa shape index (κ3) is 1.33. The molecule has 4 N–H and O–H groups in total. The molecule has 0 saturated heterocycles. The van der Waals surface area contributed by atoms with Crippen molar-refractivity contribution in [2.75, 3.05) is 0 Å². The van der Waals surface area contributed by atoms with Crippen LogP contribution in [0.15, 0.2) is 0 Å². The van der Waals surface area contributed by atoms with Crippen LogP contribution in [0.25, 0.3) is 0 Å². The van der Waals surface area contributed by atoms with Crippen molar-refractivity contribution in [3.8, 4) is 0 Å². The number of hydrogen-bond acceptors (Lipinski definition) is 3. The predicted octanol–water partition coefficient (Wildman–Crippen LogP) is -1.71. The predicted molar refractivity (Wildman–Crippen MR) is 46.7 cm³/mol. The quantitative estimate of drug-likeness (QED) is 0.555. The Morgan fingerprint density at radius 1 is 1.50 bits per heavy atom. The van der Waals surface area contributed by atoms with Crippen LogP contribution in [0, 0.1) is 11.3 Å². The van der Waals surface area contributed by atoms with Gasteiger partial charge in [-0.05, 0) is 38.0 Å². The first-order chi connectivity index (χ1) is 6.55. The van der Waals surface area contributed by atoms with Gasteiger partial charge in [0.05, 0.1) is 0 Å². The molecule has 3 fully saturated rings. The molecule has 14 heavy (non-hydrogen) atoms. The number of carboxylic acid groups (broad SMARTS) is 1. The summed E-state index contributed by atoms with van der Waals surface area (Å²) in [4.78, 5) is 10.7. The molecule has 0 amide bonds. The summed E-state index contributed by atoms with van der Waals surface area (Å²) in [5.74, 6) is -0.660. The Labute approximate surface area is 83.1 Å². The van der Waals surface area contributed by atoms with E-state index < -0.39 is 12.1 Å². The average molecular weight is 199 g/mol. The van der Waals surface area contributed by atoms with Gasteiger partial charge >= 0.3 is 0 Å². The molecule has 0 aromatic rings. The van der Waals surface area contributed by atoms with Crippen LogP contribution in [-0.2, 0) is 4.79 Å². The maximum atomic E-state index is 10.7. The molecule has 0 spiro atoms. The van der Waals surface area contributed by atoms with Crippen molar-refractivity contribution >= 4 is 5.97 Å². The number of fused-ring (bicyclic) bond motifs is 3. The van der Waals surface area contributed by atoms with Gasteiger partial charge in [0.1, 0.15) is 12.1 Å². The smallest absolute Gasteiger partial charge is 0.117 e. The number of hydrogen-bond donors (Lipinski definition) is 2. The summed E-state index contributed by atoms with van der Waals surface area (Å²) in [5, 5.41) is 20.6. The Hall–Kier alpha value is -0.610. The third-order valence-electron chi connectivity index (χ3n) is 4.20. The van der Waals surface area contributed by atoms with Gasteiger partial charge in [0.25, 0.3) is 0 Å². The van der Waals surface area contributed by atoms with Gasteiger partial charge in [-0.2, -0.15) is 0 Å². The Morgan fingerprint density at radius 3 is 2.57 bits per heavy atom. The Morgan fingerprint density at radius 2 is 2.07 bits per heavy atom. The topological polar surface area (TPSA) is 88.0 Å². The fourth-order valence-corrected chi connectivity index (χ4v) is 3.21. The molecule has 3 rings (SSSR count). The fraction of sp³-hybridized carbons (Fsp3) is 0.900. The lowest BCUT2D eigenvalue weighted by Gasteiger charge is -2.51. The molecule has 3 aliphatic rings.